The number of hydrogen-bond acceptors (Lipinski definition) is 9. The number of ether oxygens (including phenoxy) is 2. The van der Waals surface area contributed by atoms with Crippen LogP contribution in [0.4, 0.5) is 23.0 Å². The Hall–Kier alpha value is -4.42. The molecule has 5 rings (SSSR count). The van der Waals surface area contributed by atoms with Gasteiger partial charge < -0.3 is 25.4 Å². The Bertz CT molecular complexity index is 1660. The van der Waals surface area contributed by atoms with Crippen molar-refractivity contribution in [1.29, 1.82) is 0 Å². The molecule has 0 radical (unpaired) electrons. The summed E-state index contributed by atoms with van der Waals surface area (Å²) in [7, 11) is -1.05. The van der Waals surface area contributed by atoms with Crippen LogP contribution >= 0.6 is 0 Å². The molecule has 12 heteroatoms. The van der Waals surface area contributed by atoms with E-state index in [1.165, 1.54) is 26.4 Å². The maximum Gasteiger partial charge on any atom is 0.263 e. The molecule has 0 bridgehead atoms. The molecular weight excluding hydrogens is 544 g/mol. The molecule has 2 unspecified atom stereocenters. The van der Waals surface area contributed by atoms with Crippen LogP contribution < -0.4 is 30.1 Å². The average Bonchev–Trinajstić information content (AvgIpc) is 2.97. The third-order valence-electron chi connectivity index (χ3n) is 6.88. The van der Waals surface area contributed by atoms with Crippen LogP contribution in [0.1, 0.15) is 19.8 Å². The molecule has 11 nitrogen and oxygen atoms in total. The largest absolute Gasteiger partial charge is 0.497 e. The van der Waals surface area contributed by atoms with Crippen molar-refractivity contribution in [2.24, 2.45) is 5.92 Å². The molecule has 3 aromatic carbocycles. The molecular formula is C29H32N6O5S. The molecule has 1 saturated heterocycles. The Kier molecular flexibility index (Phi) is 8.22. The van der Waals surface area contributed by atoms with Gasteiger partial charge in [0.2, 0.25) is 5.91 Å². The number of hydrogen-bond donors (Lipinski definition) is 4. The average molecular weight is 577 g/mol. The van der Waals surface area contributed by atoms with Gasteiger partial charge in [-0.1, -0.05) is 25.1 Å². The Labute approximate surface area is 238 Å². The lowest BCUT2D eigenvalue weighted by atomic mass is 9.92. The Balaban J connectivity index is 1.45. The van der Waals surface area contributed by atoms with Gasteiger partial charge in [0.25, 0.3) is 10.0 Å². The Morgan fingerprint density at radius 3 is 2.24 bits per heavy atom. The Morgan fingerprint density at radius 2 is 1.59 bits per heavy atom. The van der Waals surface area contributed by atoms with E-state index in [4.69, 9.17) is 9.47 Å². The van der Waals surface area contributed by atoms with Gasteiger partial charge in [-0.3, -0.25) is 9.52 Å². The van der Waals surface area contributed by atoms with Crippen LogP contribution in [-0.4, -0.2) is 51.1 Å². The van der Waals surface area contributed by atoms with Crippen molar-refractivity contribution < 1.29 is 22.7 Å². The minimum Gasteiger partial charge on any atom is -0.497 e. The fourth-order valence-electron chi connectivity index (χ4n) is 4.72. The van der Waals surface area contributed by atoms with E-state index in [9.17, 15) is 13.2 Å². The van der Waals surface area contributed by atoms with Crippen LogP contribution in [0.5, 0.6) is 11.5 Å². The summed E-state index contributed by atoms with van der Waals surface area (Å²) in [6.45, 7) is 2.80. The smallest absolute Gasteiger partial charge is 0.263 e. The van der Waals surface area contributed by atoms with E-state index < -0.39 is 10.0 Å². The summed E-state index contributed by atoms with van der Waals surface area (Å²) in [5.41, 5.74) is 2.02. The quantitative estimate of drug-likeness (QED) is 0.226. The van der Waals surface area contributed by atoms with Gasteiger partial charge in [-0.2, -0.15) is 0 Å². The third-order valence-corrected chi connectivity index (χ3v) is 8.22. The van der Waals surface area contributed by atoms with Crippen molar-refractivity contribution in [3.8, 4) is 11.5 Å². The number of sulfonamides is 1. The van der Waals surface area contributed by atoms with Crippen LogP contribution in [0.2, 0.25) is 0 Å². The number of methoxy groups -OCH3 is 2. The van der Waals surface area contributed by atoms with E-state index in [0.29, 0.717) is 33.9 Å². The molecule has 0 spiro atoms. The summed E-state index contributed by atoms with van der Waals surface area (Å²) < 4.78 is 40.4. The number of benzene rings is 3. The minimum absolute atomic E-state index is 0.000144. The number of rotatable bonds is 9. The molecule has 4 aromatic rings. The number of aromatic nitrogens is 2. The normalized spacial score (nSPS) is 17.0. The highest BCUT2D eigenvalue weighted by Crippen LogP contribution is 2.31. The van der Waals surface area contributed by atoms with Crippen molar-refractivity contribution >= 4 is 50.0 Å². The molecule has 0 aliphatic carbocycles. The number of nitrogens with zero attached hydrogens (tertiary/aromatic N) is 2. The van der Waals surface area contributed by atoms with E-state index in [0.717, 1.165) is 19.4 Å². The van der Waals surface area contributed by atoms with E-state index >= 15 is 0 Å². The van der Waals surface area contributed by atoms with Gasteiger partial charge in [0.1, 0.15) is 11.5 Å². The van der Waals surface area contributed by atoms with E-state index in [1.54, 1.807) is 48.5 Å². The van der Waals surface area contributed by atoms with Crippen molar-refractivity contribution in [3.63, 3.8) is 0 Å². The van der Waals surface area contributed by atoms with Gasteiger partial charge in [-0.05, 0) is 55.6 Å². The highest BCUT2D eigenvalue weighted by molar-refractivity contribution is 7.92. The molecule has 1 fully saturated rings. The van der Waals surface area contributed by atoms with Crippen molar-refractivity contribution in [3.05, 3.63) is 66.7 Å². The van der Waals surface area contributed by atoms with Crippen LogP contribution in [-0.2, 0) is 14.8 Å². The number of para-hydroxylation sites is 2. The van der Waals surface area contributed by atoms with E-state index in [1.807, 2.05) is 13.0 Å². The summed E-state index contributed by atoms with van der Waals surface area (Å²) in [4.78, 5) is 22.0. The first-order valence-corrected chi connectivity index (χ1v) is 14.7. The van der Waals surface area contributed by atoms with Crippen molar-refractivity contribution in [2.45, 2.75) is 30.7 Å². The van der Waals surface area contributed by atoms with Gasteiger partial charge in [0, 0.05) is 29.6 Å². The highest BCUT2D eigenvalue weighted by atomic mass is 32.2. The fourth-order valence-corrected chi connectivity index (χ4v) is 5.78. The molecule has 0 saturated carbocycles. The predicted molar refractivity (Wildman–Crippen MR) is 158 cm³/mol. The molecule has 1 aliphatic rings. The topological polar surface area (TPSA) is 144 Å². The van der Waals surface area contributed by atoms with E-state index in [-0.39, 0.29) is 34.4 Å². The second-order valence-electron chi connectivity index (χ2n) is 9.81. The van der Waals surface area contributed by atoms with Crippen LogP contribution in [0.25, 0.3) is 11.0 Å². The first-order valence-electron chi connectivity index (χ1n) is 13.2. The van der Waals surface area contributed by atoms with Gasteiger partial charge in [0.15, 0.2) is 11.6 Å². The van der Waals surface area contributed by atoms with Gasteiger partial charge in [-0.25, -0.2) is 18.4 Å². The number of nitrogens with one attached hydrogen (secondary N) is 4. The minimum atomic E-state index is -4.13. The lowest BCUT2D eigenvalue weighted by molar-refractivity contribution is -0.119. The van der Waals surface area contributed by atoms with Gasteiger partial charge in [-0.15, -0.1) is 0 Å². The third kappa shape index (κ3) is 6.50. The lowest BCUT2D eigenvalue weighted by Gasteiger charge is -2.28. The highest BCUT2D eigenvalue weighted by Gasteiger charge is 2.28. The summed E-state index contributed by atoms with van der Waals surface area (Å²) in [5, 5.41) is 9.23. The summed E-state index contributed by atoms with van der Waals surface area (Å²) in [5.74, 6) is 1.25. The number of carbonyl (C=O) groups is 1. The maximum absolute atomic E-state index is 13.6. The number of anilines is 4. The summed E-state index contributed by atoms with van der Waals surface area (Å²) in [6, 6.07) is 18.1. The molecule has 2 atom stereocenters. The summed E-state index contributed by atoms with van der Waals surface area (Å²) in [6.07, 6.45) is 1.97. The molecule has 41 heavy (non-hydrogen) atoms. The zero-order valence-electron chi connectivity index (χ0n) is 23.0. The molecule has 4 N–H and O–H groups in total. The molecule has 1 aliphatic heterocycles. The second-order valence-corrected chi connectivity index (χ2v) is 11.5. The lowest BCUT2D eigenvalue weighted by Crippen LogP contribution is -2.48. The monoisotopic (exact) mass is 576 g/mol. The van der Waals surface area contributed by atoms with Gasteiger partial charge >= 0.3 is 0 Å². The zero-order valence-corrected chi connectivity index (χ0v) is 23.8. The van der Waals surface area contributed by atoms with Crippen LogP contribution in [0.15, 0.2) is 71.6 Å². The molecule has 2 heterocycles. The van der Waals surface area contributed by atoms with Gasteiger partial charge in [0.05, 0.1) is 36.2 Å². The first kappa shape index (κ1) is 28.1. The maximum atomic E-state index is 13.6. The van der Waals surface area contributed by atoms with Crippen molar-refractivity contribution in [2.75, 3.05) is 36.1 Å². The molecule has 1 aromatic heterocycles. The Morgan fingerprint density at radius 1 is 0.902 bits per heavy atom. The zero-order chi connectivity index (χ0) is 29.0. The fraction of sp³-hybridized carbons (Fsp3) is 0.276. The molecule has 214 valence electrons. The number of carbonyl (C=O) groups excluding carboxylic acids is 1. The van der Waals surface area contributed by atoms with E-state index in [2.05, 4.69) is 30.6 Å². The predicted octanol–water partition coefficient (Wildman–Crippen LogP) is 4.52. The number of fused-ring (bicyclic) bond motifs is 1. The van der Waals surface area contributed by atoms with Crippen LogP contribution in [0, 0.1) is 5.92 Å². The SMILES string of the molecule is COc1cc(Nc2nc3ccccc3nc2NS(=O)(=O)c2cccc(NC(=O)C3NCCCC3C)c2)cc(OC)c1. The second kappa shape index (κ2) is 12.0. The summed E-state index contributed by atoms with van der Waals surface area (Å²) >= 11 is 0. The van der Waals surface area contributed by atoms with Crippen molar-refractivity contribution in [1.82, 2.24) is 15.3 Å². The van der Waals surface area contributed by atoms with Crippen LogP contribution in [0.3, 0.4) is 0 Å². The first-order chi connectivity index (χ1) is 19.8. The number of piperidine rings is 1. The molecule has 1 amide bonds. The number of amides is 1. The standard InChI is InChI=1S/C29H32N6O5S/c1-18-8-7-13-30-26(18)29(36)32-19-9-6-10-23(16-19)41(37,38)35-28-27(33-24-11-4-5-12-25(24)34-28)31-20-14-21(39-2)17-22(15-20)40-3/h4-6,9-12,14-18,26,30H,7-8,13H2,1-3H3,(H,31,33)(H,32,36)(H,34,35).